The third-order valence-corrected chi connectivity index (χ3v) is 6.23. The normalized spacial score (nSPS) is 26.1. The van der Waals surface area contributed by atoms with Crippen LogP contribution in [0.3, 0.4) is 0 Å². The predicted octanol–water partition coefficient (Wildman–Crippen LogP) is 2.67. The maximum Gasteiger partial charge on any atom is 0.222 e. The van der Waals surface area contributed by atoms with Gasteiger partial charge in [0.15, 0.2) is 0 Å². The minimum atomic E-state index is 0.0768. The first-order valence-corrected chi connectivity index (χ1v) is 8.77. The molecule has 0 aromatic carbocycles. The molecule has 2 saturated heterocycles. The van der Waals surface area contributed by atoms with Crippen LogP contribution in [0.15, 0.2) is 17.8 Å². The second kappa shape index (κ2) is 5.19. The van der Waals surface area contributed by atoms with Gasteiger partial charge in [0.05, 0.1) is 10.2 Å². The van der Waals surface area contributed by atoms with E-state index in [1.807, 2.05) is 18.0 Å². The molecular formula is C16H20N4OS. The van der Waals surface area contributed by atoms with E-state index in [1.165, 1.54) is 4.70 Å². The van der Waals surface area contributed by atoms with Crippen molar-refractivity contribution in [3.8, 4) is 0 Å². The number of nitrogens with zero attached hydrogens (tertiary/aromatic N) is 4. The van der Waals surface area contributed by atoms with E-state index < -0.39 is 0 Å². The monoisotopic (exact) mass is 316 g/mol. The molecule has 0 unspecified atom stereocenters. The lowest BCUT2D eigenvalue weighted by atomic mass is 9.88. The van der Waals surface area contributed by atoms with Crippen molar-refractivity contribution < 1.29 is 4.79 Å². The fourth-order valence-corrected chi connectivity index (χ4v) is 4.78. The largest absolute Gasteiger partial charge is 0.355 e. The molecule has 4 rings (SSSR count). The first-order valence-electron chi connectivity index (χ1n) is 7.89. The number of hydrogen-bond donors (Lipinski definition) is 0. The molecule has 0 saturated carbocycles. The highest BCUT2D eigenvalue weighted by Crippen LogP contribution is 2.39. The van der Waals surface area contributed by atoms with E-state index in [-0.39, 0.29) is 5.54 Å². The second-order valence-corrected chi connectivity index (χ2v) is 7.27. The zero-order valence-corrected chi connectivity index (χ0v) is 13.6. The molecule has 22 heavy (non-hydrogen) atoms. The van der Waals surface area contributed by atoms with Crippen molar-refractivity contribution in [2.75, 3.05) is 25.0 Å². The van der Waals surface area contributed by atoms with Crippen molar-refractivity contribution in [2.45, 2.75) is 37.6 Å². The maximum absolute atomic E-state index is 11.9. The zero-order valence-electron chi connectivity index (χ0n) is 12.8. The SMILES string of the molecule is CN1C(=O)CC[C@@]12CCCN(c1ncnc3ccsc13)CC2. The smallest absolute Gasteiger partial charge is 0.222 e. The number of aromatic nitrogens is 2. The number of amides is 1. The van der Waals surface area contributed by atoms with E-state index in [2.05, 4.69) is 20.2 Å². The molecule has 2 aliphatic rings. The van der Waals surface area contributed by atoms with Crippen LogP contribution in [0.1, 0.15) is 32.1 Å². The number of thiophene rings is 1. The van der Waals surface area contributed by atoms with Gasteiger partial charge in [-0.05, 0) is 37.1 Å². The van der Waals surface area contributed by atoms with Crippen LogP contribution >= 0.6 is 11.3 Å². The molecule has 1 spiro atoms. The van der Waals surface area contributed by atoms with Gasteiger partial charge in [-0.1, -0.05) is 0 Å². The Labute approximate surface area is 134 Å². The Morgan fingerprint density at radius 3 is 2.95 bits per heavy atom. The van der Waals surface area contributed by atoms with Crippen LogP contribution in [0.5, 0.6) is 0 Å². The summed E-state index contributed by atoms with van der Waals surface area (Å²) in [6, 6.07) is 2.05. The Morgan fingerprint density at radius 2 is 2.14 bits per heavy atom. The molecule has 2 aliphatic heterocycles. The zero-order chi connectivity index (χ0) is 15.2. The van der Waals surface area contributed by atoms with E-state index in [0.29, 0.717) is 12.3 Å². The van der Waals surface area contributed by atoms with Crippen LogP contribution in [-0.4, -0.2) is 46.5 Å². The molecule has 6 heteroatoms. The molecule has 0 bridgehead atoms. The standard InChI is InChI=1S/C16H20N4OS/c1-19-13(21)3-6-16(19)5-2-8-20(9-7-16)15-14-12(4-10-22-14)17-11-18-15/h4,10-11H,2-3,5-9H2,1H3/t16-/m1/s1. The fourth-order valence-electron chi connectivity index (χ4n) is 3.92. The minimum Gasteiger partial charge on any atom is -0.355 e. The van der Waals surface area contributed by atoms with Gasteiger partial charge in [-0.25, -0.2) is 9.97 Å². The quantitative estimate of drug-likeness (QED) is 0.811. The van der Waals surface area contributed by atoms with Crippen molar-refractivity contribution in [1.29, 1.82) is 0 Å². The lowest BCUT2D eigenvalue weighted by Crippen LogP contribution is -2.43. The molecule has 0 radical (unpaired) electrons. The summed E-state index contributed by atoms with van der Waals surface area (Å²) < 4.78 is 1.18. The third kappa shape index (κ3) is 2.08. The average Bonchev–Trinajstić information content (AvgIpc) is 3.03. The number of rotatable bonds is 1. The van der Waals surface area contributed by atoms with Gasteiger partial charge in [0.2, 0.25) is 5.91 Å². The molecule has 2 aromatic rings. The Bertz CT molecular complexity index is 715. The minimum absolute atomic E-state index is 0.0768. The molecule has 2 fully saturated rings. The lowest BCUT2D eigenvalue weighted by molar-refractivity contribution is -0.129. The summed E-state index contributed by atoms with van der Waals surface area (Å²) in [5, 5.41) is 2.07. The molecule has 2 aromatic heterocycles. The Kier molecular flexibility index (Phi) is 3.29. The Morgan fingerprint density at radius 1 is 1.23 bits per heavy atom. The first-order chi connectivity index (χ1) is 10.7. The van der Waals surface area contributed by atoms with Gasteiger partial charge in [-0.2, -0.15) is 0 Å². The highest BCUT2D eigenvalue weighted by atomic mass is 32.1. The van der Waals surface area contributed by atoms with Crippen LogP contribution in [0.25, 0.3) is 10.2 Å². The number of anilines is 1. The molecule has 0 aliphatic carbocycles. The van der Waals surface area contributed by atoms with Crippen molar-refractivity contribution in [3.05, 3.63) is 17.8 Å². The van der Waals surface area contributed by atoms with E-state index in [9.17, 15) is 4.79 Å². The molecule has 116 valence electrons. The van der Waals surface area contributed by atoms with Crippen LogP contribution in [0, 0.1) is 0 Å². The van der Waals surface area contributed by atoms with Crippen molar-refractivity contribution in [2.24, 2.45) is 0 Å². The third-order valence-electron chi connectivity index (χ3n) is 5.33. The van der Waals surface area contributed by atoms with E-state index in [0.717, 1.165) is 50.1 Å². The van der Waals surface area contributed by atoms with E-state index in [4.69, 9.17) is 0 Å². The molecule has 1 amide bonds. The van der Waals surface area contributed by atoms with Crippen molar-refractivity contribution in [3.63, 3.8) is 0 Å². The Hall–Kier alpha value is -1.69. The summed E-state index contributed by atoms with van der Waals surface area (Å²) in [5.74, 6) is 1.36. The summed E-state index contributed by atoms with van der Waals surface area (Å²) in [5.41, 5.74) is 1.11. The van der Waals surface area contributed by atoms with Gasteiger partial charge < -0.3 is 9.80 Å². The summed E-state index contributed by atoms with van der Waals surface area (Å²) in [7, 11) is 1.98. The number of carbonyl (C=O) groups is 1. The highest BCUT2D eigenvalue weighted by molar-refractivity contribution is 7.17. The lowest BCUT2D eigenvalue weighted by Gasteiger charge is -2.35. The number of hydrogen-bond acceptors (Lipinski definition) is 5. The van der Waals surface area contributed by atoms with Crippen molar-refractivity contribution >= 4 is 33.3 Å². The Balaban J connectivity index is 1.61. The van der Waals surface area contributed by atoms with Gasteiger partial charge >= 0.3 is 0 Å². The molecule has 0 N–H and O–H groups in total. The van der Waals surface area contributed by atoms with Crippen LogP contribution in [0.2, 0.25) is 0 Å². The van der Waals surface area contributed by atoms with Crippen molar-refractivity contribution in [1.82, 2.24) is 14.9 Å². The van der Waals surface area contributed by atoms with Gasteiger partial charge in [0, 0.05) is 32.1 Å². The van der Waals surface area contributed by atoms with Crippen LogP contribution in [0.4, 0.5) is 5.82 Å². The summed E-state index contributed by atoms with van der Waals surface area (Å²) in [4.78, 5) is 25.2. The topological polar surface area (TPSA) is 49.3 Å². The summed E-state index contributed by atoms with van der Waals surface area (Å²) in [6.07, 6.45) is 6.62. The van der Waals surface area contributed by atoms with Crippen LogP contribution < -0.4 is 4.90 Å². The molecule has 1 atom stereocenters. The van der Waals surface area contributed by atoms with Gasteiger partial charge in [-0.3, -0.25) is 4.79 Å². The average molecular weight is 316 g/mol. The maximum atomic E-state index is 11.9. The molecule has 4 heterocycles. The summed E-state index contributed by atoms with van der Waals surface area (Å²) in [6.45, 7) is 1.97. The van der Waals surface area contributed by atoms with Gasteiger partial charge in [0.25, 0.3) is 0 Å². The summed E-state index contributed by atoms with van der Waals surface area (Å²) >= 11 is 1.71. The molecule has 5 nitrogen and oxygen atoms in total. The second-order valence-electron chi connectivity index (χ2n) is 6.35. The van der Waals surface area contributed by atoms with Gasteiger partial charge in [0.1, 0.15) is 12.1 Å². The van der Waals surface area contributed by atoms with Crippen LogP contribution in [-0.2, 0) is 4.79 Å². The van der Waals surface area contributed by atoms with E-state index in [1.54, 1.807) is 17.7 Å². The fraction of sp³-hybridized carbons (Fsp3) is 0.562. The van der Waals surface area contributed by atoms with Gasteiger partial charge in [-0.15, -0.1) is 11.3 Å². The highest BCUT2D eigenvalue weighted by Gasteiger charge is 2.43. The van der Waals surface area contributed by atoms with E-state index >= 15 is 0 Å². The number of likely N-dealkylation sites (tertiary alicyclic amines) is 1. The molecular weight excluding hydrogens is 296 g/mol. The first kappa shape index (κ1) is 13.9. The number of carbonyl (C=O) groups excluding carboxylic acids is 1. The predicted molar refractivity (Wildman–Crippen MR) is 88.2 cm³/mol. The number of fused-ring (bicyclic) bond motifs is 1.